The molecule has 6 nitrogen and oxygen atoms in total. The van der Waals surface area contributed by atoms with Crippen molar-refractivity contribution in [2.24, 2.45) is 0 Å². The molecule has 1 aliphatic heterocycles. The van der Waals surface area contributed by atoms with Crippen molar-refractivity contribution in [3.63, 3.8) is 0 Å². The van der Waals surface area contributed by atoms with Gasteiger partial charge in [-0.25, -0.2) is 0 Å². The Hall–Kier alpha value is -3.41. The lowest BCUT2D eigenvalue weighted by Gasteiger charge is -2.15. The van der Waals surface area contributed by atoms with Crippen molar-refractivity contribution in [3.05, 3.63) is 65.4 Å². The Morgan fingerprint density at radius 3 is 2.76 bits per heavy atom. The quantitative estimate of drug-likeness (QED) is 0.608. The molecular formula is C23H24N4O2. The first-order valence-corrected chi connectivity index (χ1v) is 9.98. The van der Waals surface area contributed by atoms with E-state index in [1.165, 1.54) is 0 Å². The number of fused-ring (bicyclic) bond motifs is 1. The molecule has 29 heavy (non-hydrogen) atoms. The molecule has 0 bridgehead atoms. The fourth-order valence-electron chi connectivity index (χ4n) is 3.55. The number of para-hydroxylation sites is 1. The van der Waals surface area contributed by atoms with Crippen LogP contribution in [0, 0.1) is 0 Å². The third-order valence-electron chi connectivity index (χ3n) is 5.17. The summed E-state index contributed by atoms with van der Waals surface area (Å²) in [4.78, 5) is 25.7. The van der Waals surface area contributed by atoms with Crippen molar-refractivity contribution in [2.75, 3.05) is 19.6 Å². The summed E-state index contributed by atoms with van der Waals surface area (Å²) in [5.74, 6) is 0.134. The van der Waals surface area contributed by atoms with Crippen LogP contribution in [-0.4, -0.2) is 46.5 Å². The van der Waals surface area contributed by atoms with Crippen LogP contribution in [-0.2, 0) is 4.79 Å². The highest BCUT2D eigenvalue weighted by Gasteiger charge is 2.19. The molecule has 4 rings (SSSR count). The van der Waals surface area contributed by atoms with Crippen LogP contribution in [0.2, 0.25) is 0 Å². The SMILES string of the molecule is O=C(NCCCN1CCCC1=O)c1ccc(C=Cc2n[nH]c3ccccc23)cc1. The second-order valence-corrected chi connectivity index (χ2v) is 7.20. The zero-order valence-electron chi connectivity index (χ0n) is 16.2. The molecule has 0 unspecified atom stereocenters. The van der Waals surface area contributed by atoms with Crippen LogP contribution in [0.4, 0.5) is 0 Å². The first kappa shape index (κ1) is 18.9. The zero-order chi connectivity index (χ0) is 20.1. The zero-order valence-corrected chi connectivity index (χ0v) is 16.2. The summed E-state index contributed by atoms with van der Waals surface area (Å²) in [5, 5.41) is 11.3. The van der Waals surface area contributed by atoms with Crippen LogP contribution in [0.25, 0.3) is 23.1 Å². The molecule has 2 amide bonds. The van der Waals surface area contributed by atoms with E-state index >= 15 is 0 Å². The van der Waals surface area contributed by atoms with Gasteiger partial charge < -0.3 is 10.2 Å². The van der Waals surface area contributed by atoms with Crippen molar-refractivity contribution >= 4 is 34.9 Å². The fraction of sp³-hybridized carbons (Fsp3) is 0.261. The summed E-state index contributed by atoms with van der Waals surface area (Å²) in [7, 11) is 0. The predicted octanol–water partition coefficient (Wildman–Crippen LogP) is 3.48. The van der Waals surface area contributed by atoms with Crippen molar-refractivity contribution in [1.29, 1.82) is 0 Å². The summed E-state index contributed by atoms with van der Waals surface area (Å²) in [6.45, 7) is 2.12. The van der Waals surface area contributed by atoms with E-state index < -0.39 is 0 Å². The Kier molecular flexibility index (Phi) is 5.70. The second kappa shape index (κ2) is 8.73. The summed E-state index contributed by atoms with van der Waals surface area (Å²) in [6, 6.07) is 15.5. The fourth-order valence-corrected chi connectivity index (χ4v) is 3.55. The van der Waals surface area contributed by atoms with Crippen LogP contribution >= 0.6 is 0 Å². The van der Waals surface area contributed by atoms with E-state index in [0.29, 0.717) is 25.1 Å². The number of nitrogens with zero attached hydrogens (tertiary/aromatic N) is 2. The molecule has 0 spiro atoms. The third-order valence-corrected chi connectivity index (χ3v) is 5.17. The standard InChI is InChI=1S/C23H24N4O2/c28-22-7-3-15-27(22)16-4-14-24-23(29)18-11-8-17(9-12-18)10-13-21-19-5-1-2-6-20(19)25-26-21/h1-2,5-6,8-13H,3-4,7,14-16H2,(H,24,29)(H,25,26). The van der Waals surface area contributed by atoms with Crippen LogP contribution in [0.15, 0.2) is 48.5 Å². The van der Waals surface area contributed by atoms with E-state index in [-0.39, 0.29) is 11.8 Å². The predicted molar refractivity (Wildman–Crippen MR) is 114 cm³/mol. The molecule has 0 saturated carbocycles. The molecule has 1 aliphatic rings. The lowest BCUT2D eigenvalue weighted by molar-refractivity contribution is -0.127. The maximum atomic E-state index is 12.3. The highest BCUT2D eigenvalue weighted by Crippen LogP contribution is 2.17. The van der Waals surface area contributed by atoms with Crippen LogP contribution in [0.3, 0.4) is 0 Å². The molecule has 3 aromatic rings. The molecule has 6 heteroatoms. The molecule has 0 aliphatic carbocycles. The summed E-state index contributed by atoms with van der Waals surface area (Å²) in [6.07, 6.45) is 6.33. The maximum Gasteiger partial charge on any atom is 0.251 e. The lowest BCUT2D eigenvalue weighted by Crippen LogP contribution is -2.30. The number of hydrogen-bond donors (Lipinski definition) is 2. The van der Waals surface area contributed by atoms with Gasteiger partial charge in [-0.2, -0.15) is 5.10 Å². The van der Waals surface area contributed by atoms with E-state index in [2.05, 4.69) is 15.5 Å². The number of carbonyl (C=O) groups is 2. The van der Waals surface area contributed by atoms with Gasteiger partial charge >= 0.3 is 0 Å². The molecule has 2 N–H and O–H groups in total. The molecule has 2 aromatic carbocycles. The highest BCUT2D eigenvalue weighted by molar-refractivity contribution is 5.94. The Bertz CT molecular complexity index is 1040. The minimum absolute atomic E-state index is 0.0911. The van der Waals surface area contributed by atoms with Gasteiger partial charge in [-0.05, 0) is 42.7 Å². The van der Waals surface area contributed by atoms with Crippen molar-refractivity contribution < 1.29 is 9.59 Å². The third kappa shape index (κ3) is 4.54. The van der Waals surface area contributed by atoms with E-state index in [0.717, 1.165) is 41.5 Å². The van der Waals surface area contributed by atoms with Gasteiger partial charge in [0.2, 0.25) is 5.91 Å². The van der Waals surface area contributed by atoms with Crippen molar-refractivity contribution in [3.8, 4) is 0 Å². The average Bonchev–Trinajstić information content (AvgIpc) is 3.36. The number of benzene rings is 2. The van der Waals surface area contributed by atoms with Crippen molar-refractivity contribution in [2.45, 2.75) is 19.3 Å². The highest BCUT2D eigenvalue weighted by atomic mass is 16.2. The average molecular weight is 388 g/mol. The van der Waals surface area contributed by atoms with E-state index in [9.17, 15) is 9.59 Å². The minimum atomic E-state index is -0.0911. The van der Waals surface area contributed by atoms with E-state index in [1.54, 1.807) is 0 Å². The molecule has 148 valence electrons. The molecule has 1 fully saturated rings. The monoisotopic (exact) mass is 388 g/mol. The molecule has 1 aromatic heterocycles. The molecule has 0 radical (unpaired) electrons. The number of amides is 2. The largest absolute Gasteiger partial charge is 0.352 e. The number of likely N-dealkylation sites (tertiary alicyclic amines) is 1. The smallest absolute Gasteiger partial charge is 0.251 e. The number of nitrogens with one attached hydrogen (secondary N) is 2. The Balaban J connectivity index is 1.29. The summed E-state index contributed by atoms with van der Waals surface area (Å²) < 4.78 is 0. The van der Waals surface area contributed by atoms with Crippen LogP contribution in [0.1, 0.15) is 40.9 Å². The van der Waals surface area contributed by atoms with Gasteiger partial charge in [0.15, 0.2) is 0 Å². The van der Waals surface area contributed by atoms with Gasteiger partial charge in [0.05, 0.1) is 11.2 Å². The summed E-state index contributed by atoms with van der Waals surface area (Å²) in [5.41, 5.74) is 3.53. The van der Waals surface area contributed by atoms with Gasteiger partial charge in [0.1, 0.15) is 0 Å². The summed E-state index contributed by atoms with van der Waals surface area (Å²) >= 11 is 0. The van der Waals surface area contributed by atoms with Crippen LogP contribution < -0.4 is 5.32 Å². The lowest BCUT2D eigenvalue weighted by atomic mass is 10.1. The molecule has 0 atom stereocenters. The number of aromatic nitrogens is 2. The Morgan fingerprint density at radius 2 is 1.97 bits per heavy atom. The Morgan fingerprint density at radius 1 is 1.14 bits per heavy atom. The van der Waals surface area contributed by atoms with Gasteiger partial charge in [-0.15, -0.1) is 0 Å². The van der Waals surface area contributed by atoms with Crippen LogP contribution in [0.5, 0.6) is 0 Å². The maximum absolute atomic E-state index is 12.3. The normalized spacial score (nSPS) is 14.2. The number of H-pyrrole nitrogens is 1. The van der Waals surface area contributed by atoms with E-state index in [4.69, 9.17) is 0 Å². The number of carbonyl (C=O) groups excluding carboxylic acids is 2. The van der Waals surface area contributed by atoms with Crippen molar-refractivity contribution in [1.82, 2.24) is 20.4 Å². The number of aromatic amines is 1. The van der Waals surface area contributed by atoms with Gasteiger partial charge in [0, 0.05) is 37.0 Å². The van der Waals surface area contributed by atoms with Gasteiger partial charge in [-0.3, -0.25) is 14.7 Å². The van der Waals surface area contributed by atoms with Gasteiger partial charge in [-0.1, -0.05) is 36.4 Å². The van der Waals surface area contributed by atoms with E-state index in [1.807, 2.05) is 65.6 Å². The molecule has 2 heterocycles. The van der Waals surface area contributed by atoms with Gasteiger partial charge in [0.25, 0.3) is 5.91 Å². The minimum Gasteiger partial charge on any atom is -0.352 e. The number of rotatable bonds is 7. The Labute approximate surface area is 169 Å². The molecular weight excluding hydrogens is 364 g/mol. The topological polar surface area (TPSA) is 78.1 Å². The first-order valence-electron chi connectivity index (χ1n) is 9.98. The number of hydrogen-bond acceptors (Lipinski definition) is 3. The first-order chi connectivity index (χ1) is 14.2. The second-order valence-electron chi connectivity index (χ2n) is 7.20. The molecule has 1 saturated heterocycles.